The van der Waals surface area contributed by atoms with Crippen LogP contribution in [0.3, 0.4) is 0 Å². The molecular formula is C50H49N. The van der Waals surface area contributed by atoms with E-state index in [9.17, 15) is 0 Å². The van der Waals surface area contributed by atoms with Crippen molar-refractivity contribution < 1.29 is 0 Å². The molecular weight excluding hydrogens is 615 g/mol. The third kappa shape index (κ3) is 5.18. The number of para-hydroxylation sites is 1. The third-order valence-corrected chi connectivity index (χ3v) is 13.6. The molecule has 3 atom stereocenters. The monoisotopic (exact) mass is 663 g/mol. The van der Waals surface area contributed by atoms with Gasteiger partial charge in [0.15, 0.2) is 0 Å². The van der Waals surface area contributed by atoms with Gasteiger partial charge >= 0.3 is 0 Å². The number of anilines is 3. The van der Waals surface area contributed by atoms with Gasteiger partial charge in [0.2, 0.25) is 0 Å². The van der Waals surface area contributed by atoms with Gasteiger partial charge in [0.05, 0.1) is 0 Å². The van der Waals surface area contributed by atoms with Crippen molar-refractivity contribution in [2.75, 3.05) is 4.90 Å². The molecule has 4 aliphatic carbocycles. The van der Waals surface area contributed by atoms with E-state index in [0.717, 1.165) is 17.8 Å². The minimum atomic E-state index is -0.0990. The topological polar surface area (TPSA) is 3.24 Å². The van der Waals surface area contributed by atoms with Crippen molar-refractivity contribution >= 4 is 27.8 Å². The van der Waals surface area contributed by atoms with E-state index in [2.05, 4.69) is 146 Å². The molecule has 0 radical (unpaired) electrons. The number of hydrogen-bond acceptors (Lipinski definition) is 1. The summed E-state index contributed by atoms with van der Waals surface area (Å²) in [6, 6.07) is 49.1. The quantitative estimate of drug-likeness (QED) is 0.171. The van der Waals surface area contributed by atoms with Crippen LogP contribution in [0.4, 0.5) is 17.1 Å². The highest BCUT2D eigenvalue weighted by Crippen LogP contribution is 2.54. The van der Waals surface area contributed by atoms with E-state index < -0.39 is 0 Å². The molecule has 4 aliphatic rings. The van der Waals surface area contributed by atoms with E-state index in [4.69, 9.17) is 0 Å². The van der Waals surface area contributed by atoms with Gasteiger partial charge in [0.1, 0.15) is 0 Å². The SMILES string of the molecule is CC1(C)c2ccc(-c3cccc4ccccc34)cc2-c2ccc(N(c3ccc(C4CC5CCC4C5)cc3)c3ccccc3C3CCCCC3)cc21. The first-order chi connectivity index (χ1) is 25.0. The van der Waals surface area contributed by atoms with Crippen molar-refractivity contribution in [2.45, 2.75) is 88.9 Å². The molecule has 0 spiro atoms. The molecule has 1 nitrogen and oxygen atoms in total. The molecule has 10 rings (SSSR count). The van der Waals surface area contributed by atoms with Gasteiger partial charge in [-0.15, -0.1) is 0 Å². The van der Waals surface area contributed by atoms with Crippen molar-refractivity contribution in [1.82, 2.24) is 0 Å². The largest absolute Gasteiger partial charge is 0.310 e. The van der Waals surface area contributed by atoms with E-state index in [-0.39, 0.29) is 5.41 Å². The van der Waals surface area contributed by atoms with Crippen LogP contribution in [-0.4, -0.2) is 0 Å². The van der Waals surface area contributed by atoms with Crippen LogP contribution in [0.1, 0.15) is 106 Å². The maximum Gasteiger partial charge on any atom is 0.0496 e. The number of rotatable bonds is 6. The molecule has 0 saturated heterocycles. The van der Waals surface area contributed by atoms with Crippen LogP contribution in [0.2, 0.25) is 0 Å². The number of nitrogens with zero attached hydrogens (tertiary/aromatic N) is 1. The van der Waals surface area contributed by atoms with Crippen molar-refractivity contribution in [3.8, 4) is 22.3 Å². The molecule has 6 aromatic carbocycles. The third-order valence-electron chi connectivity index (χ3n) is 13.6. The molecule has 3 saturated carbocycles. The highest BCUT2D eigenvalue weighted by Gasteiger charge is 2.40. The molecule has 6 aromatic rings. The van der Waals surface area contributed by atoms with Crippen molar-refractivity contribution in [1.29, 1.82) is 0 Å². The van der Waals surface area contributed by atoms with Gasteiger partial charge in [-0.1, -0.05) is 131 Å². The second kappa shape index (κ2) is 12.3. The van der Waals surface area contributed by atoms with Crippen LogP contribution in [0.5, 0.6) is 0 Å². The fourth-order valence-corrected chi connectivity index (χ4v) is 10.9. The Morgan fingerprint density at radius 1 is 0.569 bits per heavy atom. The number of benzene rings is 6. The second-order valence-electron chi connectivity index (χ2n) is 16.7. The lowest BCUT2D eigenvalue weighted by atomic mass is 9.81. The number of hydrogen-bond donors (Lipinski definition) is 0. The fourth-order valence-electron chi connectivity index (χ4n) is 10.9. The summed E-state index contributed by atoms with van der Waals surface area (Å²) in [5.74, 6) is 3.22. The lowest BCUT2D eigenvalue weighted by Crippen LogP contribution is -2.18. The molecule has 0 amide bonds. The standard InChI is InChI=1S/C50H49N/c1-50(2)47-28-23-38(42-17-10-14-34-13-6-7-15-41(34)42)31-46(47)44-27-26-40(32-48(44)50)51(49-18-9-8-16-43(49)35-11-4-3-5-12-35)39-24-21-36(22-25-39)45-30-33-19-20-37(45)29-33/h6-10,13-18,21-28,31-33,35,37,45H,3-5,11-12,19-20,29-30H2,1-2H3. The zero-order chi connectivity index (χ0) is 34.1. The number of fused-ring (bicyclic) bond motifs is 6. The average molecular weight is 664 g/mol. The Bertz CT molecular complexity index is 2250. The Labute approximate surface area is 304 Å². The van der Waals surface area contributed by atoms with E-state index in [1.165, 1.54) is 125 Å². The van der Waals surface area contributed by atoms with Gasteiger partial charge in [0.25, 0.3) is 0 Å². The minimum Gasteiger partial charge on any atom is -0.310 e. The van der Waals surface area contributed by atoms with Crippen LogP contribution >= 0.6 is 0 Å². The first kappa shape index (κ1) is 31.1. The molecule has 51 heavy (non-hydrogen) atoms. The van der Waals surface area contributed by atoms with Crippen LogP contribution in [-0.2, 0) is 5.41 Å². The van der Waals surface area contributed by atoms with Gasteiger partial charge in [-0.25, -0.2) is 0 Å². The predicted molar refractivity (Wildman–Crippen MR) is 216 cm³/mol. The fraction of sp³-hybridized carbons (Fsp3) is 0.320. The molecule has 0 aromatic heterocycles. The summed E-state index contributed by atoms with van der Waals surface area (Å²) in [5, 5.41) is 2.60. The molecule has 0 aliphatic heterocycles. The second-order valence-corrected chi connectivity index (χ2v) is 16.7. The lowest BCUT2D eigenvalue weighted by Gasteiger charge is -2.33. The molecule has 3 unspecified atom stereocenters. The van der Waals surface area contributed by atoms with E-state index in [1.54, 1.807) is 5.56 Å². The first-order valence-electron chi connectivity index (χ1n) is 19.8. The maximum absolute atomic E-state index is 2.59. The molecule has 2 bridgehead atoms. The summed E-state index contributed by atoms with van der Waals surface area (Å²) in [7, 11) is 0. The summed E-state index contributed by atoms with van der Waals surface area (Å²) in [5.41, 5.74) is 15.0. The normalized spacial score (nSPS) is 21.9. The summed E-state index contributed by atoms with van der Waals surface area (Å²) >= 11 is 0. The zero-order valence-corrected chi connectivity index (χ0v) is 30.2. The van der Waals surface area contributed by atoms with Crippen LogP contribution in [0.15, 0.2) is 127 Å². The summed E-state index contributed by atoms with van der Waals surface area (Å²) in [4.78, 5) is 2.59. The summed E-state index contributed by atoms with van der Waals surface area (Å²) < 4.78 is 0. The average Bonchev–Trinajstić information content (AvgIpc) is 3.88. The van der Waals surface area contributed by atoms with Crippen LogP contribution in [0.25, 0.3) is 33.0 Å². The van der Waals surface area contributed by atoms with Crippen LogP contribution < -0.4 is 4.90 Å². The first-order valence-corrected chi connectivity index (χ1v) is 19.8. The van der Waals surface area contributed by atoms with Gasteiger partial charge in [-0.3, -0.25) is 0 Å². The maximum atomic E-state index is 2.59. The molecule has 0 N–H and O–H groups in total. The Morgan fingerprint density at radius 2 is 1.35 bits per heavy atom. The minimum absolute atomic E-state index is 0.0990. The molecule has 3 fully saturated rings. The van der Waals surface area contributed by atoms with E-state index in [1.807, 2.05) is 0 Å². The zero-order valence-electron chi connectivity index (χ0n) is 30.2. The Hall–Kier alpha value is -4.62. The molecule has 1 heteroatoms. The van der Waals surface area contributed by atoms with Gasteiger partial charge in [-0.2, -0.15) is 0 Å². The van der Waals surface area contributed by atoms with Crippen molar-refractivity contribution in [2.24, 2.45) is 11.8 Å². The lowest BCUT2D eigenvalue weighted by molar-refractivity contribution is 0.420. The van der Waals surface area contributed by atoms with Crippen LogP contribution in [0, 0.1) is 11.8 Å². The summed E-state index contributed by atoms with van der Waals surface area (Å²) in [6.07, 6.45) is 12.3. The predicted octanol–water partition coefficient (Wildman–Crippen LogP) is 14.2. The van der Waals surface area contributed by atoms with Crippen molar-refractivity contribution in [3.05, 3.63) is 150 Å². The van der Waals surface area contributed by atoms with Crippen molar-refractivity contribution in [3.63, 3.8) is 0 Å². The Morgan fingerprint density at radius 3 is 2.18 bits per heavy atom. The van der Waals surface area contributed by atoms with E-state index >= 15 is 0 Å². The van der Waals surface area contributed by atoms with Gasteiger partial charge in [0, 0.05) is 22.5 Å². The highest BCUT2D eigenvalue weighted by molar-refractivity contribution is 5.98. The molecule has 0 heterocycles. The Balaban J connectivity index is 1.08. The van der Waals surface area contributed by atoms with Gasteiger partial charge < -0.3 is 4.90 Å². The molecule has 254 valence electrons. The smallest absolute Gasteiger partial charge is 0.0496 e. The summed E-state index contributed by atoms with van der Waals surface area (Å²) in [6.45, 7) is 4.84. The van der Waals surface area contributed by atoms with Gasteiger partial charge in [-0.05, 0) is 147 Å². The van der Waals surface area contributed by atoms with E-state index in [0.29, 0.717) is 5.92 Å². The Kier molecular flexibility index (Phi) is 7.49. The highest BCUT2D eigenvalue weighted by atomic mass is 15.1.